The predicted octanol–water partition coefficient (Wildman–Crippen LogP) is 2.14. The molecule has 0 fully saturated rings. The minimum atomic E-state index is -0.472. The van der Waals surface area contributed by atoms with E-state index in [0.29, 0.717) is 23.9 Å². The van der Waals surface area contributed by atoms with Crippen LogP contribution in [0, 0.1) is 0 Å². The van der Waals surface area contributed by atoms with E-state index >= 15 is 0 Å². The molecule has 0 amide bonds. The Morgan fingerprint density at radius 2 is 2.00 bits per heavy atom. The molecule has 2 heterocycles. The van der Waals surface area contributed by atoms with Gasteiger partial charge in [0, 0.05) is 5.56 Å². The highest BCUT2D eigenvalue weighted by atomic mass is 16.5. The van der Waals surface area contributed by atoms with Crippen LogP contribution in [0.25, 0.3) is 17.0 Å². The molecule has 0 aliphatic heterocycles. The summed E-state index contributed by atoms with van der Waals surface area (Å²) in [5, 5.41) is 16.7. The first-order chi connectivity index (χ1) is 11.7. The third kappa shape index (κ3) is 3.22. The van der Waals surface area contributed by atoms with Crippen LogP contribution < -0.4 is 5.43 Å². The molecule has 0 aliphatic rings. The monoisotopic (exact) mass is 324 g/mol. The van der Waals surface area contributed by atoms with Gasteiger partial charge in [-0.3, -0.25) is 5.43 Å². The number of aromatic nitrogens is 4. The van der Waals surface area contributed by atoms with Crippen LogP contribution in [-0.4, -0.2) is 38.1 Å². The number of nitrogens with zero attached hydrogens (tertiary/aromatic N) is 5. The van der Waals surface area contributed by atoms with Gasteiger partial charge in [-0.05, 0) is 26.0 Å². The number of benzene rings is 1. The summed E-state index contributed by atoms with van der Waals surface area (Å²) in [5.74, 6) is 0.615. The van der Waals surface area contributed by atoms with Crippen LogP contribution in [0.1, 0.15) is 13.8 Å². The van der Waals surface area contributed by atoms with Gasteiger partial charge < -0.3 is 4.74 Å². The lowest BCUT2D eigenvalue weighted by atomic mass is 10.2. The van der Waals surface area contributed by atoms with Gasteiger partial charge >= 0.3 is 5.97 Å². The zero-order chi connectivity index (χ0) is 16.9. The molecule has 24 heavy (non-hydrogen) atoms. The molecule has 0 saturated carbocycles. The van der Waals surface area contributed by atoms with E-state index in [1.165, 1.54) is 0 Å². The molecule has 0 bridgehead atoms. The van der Waals surface area contributed by atoms with Crippen LogP contribution in [0.3, 0.4) is 0 Å². The van der Waals surface area contributed by atoms with E-state index in [-0.39, 0.29) is 5.71 Å². The molecule has 1 N–H and O–H groups in total. The van der Waals surface area contributed by atoms with Crippen molar-refractivity contribution in [2.75, 3.05) is 12.0 Å². The molecule has 8 heteroatoms. The number of carbonyl (C=O) groups excluding carboxylic acids is 1. The van der Waals surface area contributed by atoms with Crippen molar-refractivity contribution in [1.82, 2.24) is 19.8 Å². The van der Waals surface area contributed by atoms with E-state index < -0.39 is 5.97 Å². The number of ether oxygens (including phenoxy) is 1. The van der Waals surface area contributed by atoms with Gasteiger partial charge in [-0.25, -0.2) is 4.79 Å². The number of hydrogen-bond acceptors (Lipinski definition) is 7. The largest absolute Gasteiger partial charge is 0.461 e. The molecule has 0 saturated heterocycles. The zero-order valence-corrected chi connectivity index (χ0v) is 13.3. The van der Waals surface area contributed by atoms with E-state index in [1.807, 2.05) is 30.3 Å². The third-order valence-electron chi connectivity index (χ3n) is 3.20. The Balaban J connectivity index is 1.88. The number of hydrogen-bond donors (Lipinski definition) is 1. The Hall–Kier alpha value is -3.29. The number of fused-ring (bicyclic) bond motifs is 1. The van der Waals surface area contributed by atoms with E-state index in [9.17, 15) is 4.79 Å². The average molecular weight is 324 g/mol. The fourth-order valence-corrected chi connectivity index (χ4v) is 2.04. The van der Waals surface area contributed by atoms with E-state index in [2.05, 4.69) is 25.8 Å². The van der Waals surface area contributed by atoms with E-state index in [1.54, 1.807) is 30.5 Å². The molecule has 8 nitrogen and oxygen atoms in total. The van der Waals surface area contributed by atoms with Gasteiger partial charge in [0.05, 0.1) is 6.61 Å². The van der Waals surface area contributed by atoms with Gasteiger partial charge in [-0.15, -0.1) is 15.3 Å². The Morgan fingerprint density at radius 1 is 1.21 bits per heavy atom. The highest BCUT2D eigenvalue weighted by molar-refractivity contribution is 6.35. The summed E-state index contributed by atoms with van der Waals surface area (Å²) in [6, 6.07) is 13.1. The smallest absolute Gasteiger partial charge is 0.354 e. The van der Waals surface area contributed by atoms with Crippen molar-refractivity contribution in [1.29, 1.82) is 0 Å². The maximum atomic E-state index is 11.5. The van der Waals surface area contributed by atoms with Crippen LogP contribution in [-0.2, 0) is 9.53 Å². The molecule has 0 unspecified atom stereocenters. The van der Waals surface area contributed by atoms with Crippen molar-refractivity contribution >= 4 is 23.1 Å². The molecule has 0 atom stereocenters. The van der Waals surface area contributed by atoms with Crippen LogP contribution in [0.15, 0.2) is 47.6 Å². The molecule has 3 rings (SSSR count). The van der Waals surface area contributed by atoms with Crippen LogP contribution in [0.4, 0.5) is 5.82 Å². The van der Waals surface area contributed by atoms with Crippen LogP contribution in [0.2, 0.25) is 0 Å². The van der Waals surface area contributed by atoms with Crippen molar-refractivity contribution in [3.05, 3.63) is 42.5 Å². The van der Waals surface area contributed by atoms with Gasteiger partial charge in [0.15, 0.2) is 17.3 Å². The van der Waals surface area contributed by atoms with Crippen LogP contribution in [0.5, 0.6) is 0 Å². The molecule has 0 radical (unpaired) electrons. The lowest BCUT2D eigenvalue weighted by Gasteiger charge is -2.04. The Morgan fingerprint density at radius 3 is 2.75 bits per heavy atom. The fourth-order valence-electron chi connectivity index (χ4n) is 2.04. The lowest BCUT2D eigenvalue weighted by Crippen LogP contribution is -2.15. The second-order valence-electron chi connectivity index (χ2n) is 4.91. The van der Waals surface area contributed by atoms with Gasteiger partial charge in [-0.1, -0.05) is 30.3 Å². The SMILES string of the molecule is CCOC(=O)/C(C)=N/Nc1ccc2nnc(-c3ccccc3)n2n1. The molecular weight excluding hydrogens is 308 g/mol. The van der Waals surface area contributed by atoms with Gasteiger partial charge in [-0.2, -0.15) is 9.62 Å². The van der Waals surface area contributed by atoms with E-state index in [4.69, 9.17) is 4.74 Å². The normalized spacial score (nSPS) is 11.5. The van der Waals surface area contributed by atoms with Crippen molar-refractivity contribution < 1.29 is 9.53 Å². The number of anilines is 1. The molecule has 3 aromatic rings. The van der Waals surface area contributed by atoms with Crippen LogP contribution >= 0.6 is 0 Å². The van der Waals surface area contributed by atoms with Crippen molar-refractivity contribution in [3.8, 4) is 11.4 Å². The minimum absolute atomic E-state index is 0.214. The van der Waals surface area contributed by atoms with Crippen molar-refractivity contribution in [2.24, 2.45) is 5.10 Å². The van der Waals surface area contributed by atoms with Gasteiger partial charge in [0.1, 0.15) is 5.71 Å². The average Bonchev–Trinajstić information content (AvgIpc) is 3.03. The molecule has 2 aromatic heterocycles. The van der Waals surface area contributed by atoms with Crippen molar-refractivity contribution in [3.63, 3.8) is 0 Å². The molecular formula is C16H16N6O2. The number of hydrazone groups is 1. The number of esters is 1. The third-order valence-corrected chi connectivity index (χ3v) is 3.20. The summed E-state index contributed by atoms with van der Waals surface area (Å²) in [4.78, 5) is 11.5. The predicted molar refractivity (Wildman–Crippen MR) is 89.6 cm³/mol. The second kappa shape index (κ2) is 6.86. The van der Waals surface area contributed by atoms with E-state index in [0.717, 1.165) is 5.56 Å². The molecule has 1 aromatic carbocycles. The fraction of sp³-hybridized carbons (Fsp3) is 0.188. The summed E-state index contributed by atoms with van der Waals surface area (Å²) < 4.78 is 6.49. The Bertz CT molecular complexity index is 888. The van der Waals surface area contributed by atoms with Gasteiger partial charge in [0.25, 0.3) is 0 Å². The maximum absolute atomic E-state index is 11.5. The first-order valence-corrected chi connectivity index (χ1v) is 7.44. The molecule has 122 valence electrons. The summed E-state index contributed by atoms with van der Waals surface area (Å²) in [7, 11) is 0. The summed E-state index contributed by atoms with van der Waals surface area (Å²) in [6.45, 7) is 3.61. The quantitative estimate of drug-likeness (QED) is 0.439. The zero-order valence-electron chi connectivity index (χ0n) is 13.3. The summed E-state index contributed by atoms with van der Waals surface area (Å²) in [5.41, 5.74) is 4.48. The Kier molecular flexibility index (Phi) is 4.46. The number of rotatable bonds is 5. The molecule has 0 spiro atoms. The first-order valence-electron chi connectivity index (χ1n) is 7.44. The van der Waals surface area contributed by atoms with Gasteiger partial charge in [0.2, 0.25) is 0 Å². The standard InChI is InChI=1S/C16H16N6O2/c1-3-24-16(23)11(2)17-18-13-9-10-14-19-20-15(22(14)21-13)12-7-5-4-6-8-12/h4-10H,3H2,1-2H3,(H,18,21)/b17-11+. The minimum Gasteiger partial charge on any atom is -0.461 e. The first kappa shape index (κ1) is 15.6. The van der Waals surface area contributed by atoms with Crippen molar-refractivity contribution in [2.45, 2.75) is 13.8 Å². The lowest BCUT2D eigenvalue weighted by molar-refractivity contribution is -0.135. The number of carbonyl (C=O) groups is 1. The highest BCUT2D eigenvalue weighted by Gasteiger charge is 2.10. The Labute approximate surface area is 138 Å². The summed E-state index contributed by atoms with van der Waals surface area (Å²) >= 11 is 0. The second-order valence-corrected chi connectivity index (χ2v) is 4.91. The molecule has 0 aliphatic carbocycles. The maximum Gasteiger partial charge on any atom is 0.354 e. The number of nitrogens with one attached hydrogen (secondary N) is 1. The highest BCUT2D eigenvalue weighted by Crippen LogP contribution is 2.17. The topological polar surface area (TPSA) is 93.8 Å². The summed E-state index contributed by atoms with van der Waals surface area (Å²) in [6.07, 6.45) is 0.